The molecule has 0 aliphatic carbocycles. The summed E-state index contributed by atoms with van der Waals surface area (Å²) in [5, 5.41) is 13.4. The van der Waals surface area contributed by atoms with Crippen molar-refractivity contribution in [3.05, 3.63) is 52.1 Å². The molecule has 0 atom stereocenters. The van der Waals surface area contributed by atoms with Gasteiger partial charge >= 0.3 is 11.7 Å². The zero-order chi connectivity index (χ0) is 21.7. The molecule has 11 heteroatoms. The van der Waals surface area contributed by atoms with Gasteiger partial charge in [0, 0.05) is 17.7 Å². The summed E-state index contributed by atoms with van der Waals surface area (Å²) in [6.45, 7) is 0.0559. The van der Waals surface area contributed by atoms with Crippen LogP contribution in [-0.4, -0.2) is 42.6 Å². The summed E-state index contributed by atoms with van der Waals surface area (Å²) in [6, 6.07) is 8.43. The fraction of sp³-hybridized carbons (Fsp3) is 0.211. The van der Waals surface area contributed by atoms with Crippen molar-refractivity contribution in [1.82, 2.24) is 0 Å². The van der Waals surface area contributed by atoms with Gasteiger partial charge in [-0.05, 0) is 19.1 Å². The highest BCUT2D eigenvalue weighted by Crippen LogP contribution is 2.37. The molecular weight excluding hydrogens is 400 g/mol. The van der Waals surface area contributed by atoms with Crippen molar-refractivity contribution in [2.24, 2.45) is 0 Å². The number of para-hydroxylation sites is 2. The lowest BCUT2D eigenvalue weighted by atomic mass is 10.1. The number of nitro groups is 1. The van der Waals surface area contributed by atoms with E-state index in [1.54, 1.807) is 0 Å². The number of anilines is 1. The highest BCUT2D eigenvalue weighted by atomic mass is 16.7. The molecule has 0 saturated carbocycles. The van der Waals surface area contributed by atoms with Crippen molar-refractivity contribution >= 4 is 29.0 Å². The normalized spacial score (nSPS) is 11.5. The van der Waals surface area contributed by atoms with Crippen LogP contribution in [0.25, 0.3) is 0 Å². The molecule has 30 heavy (non-hydrogen) atoms. The van der Waals surface area contributed by atoms with E-state index >= 15 is 0 Å². The number of hydrogen-bond acceptors (Lipinski definition) is 9. The van der Waals surface area contributed by atoms with Crippen LogP contribution in [-0.2, 0) is 14.3 Å². The zero-order valence-corrected chi connectivity index (χ0v) is 15.7. The fourth-order valence-electron chi connectivity index (χ4n) is 2.58. The summed E-state index contributed by atoms with van der Waals surface area (Å²) in [5.41, 5.74) is 0.0882. The Bertz CT molecular complexity index is 1020. The number of carbonyl (C=O) groups excluding carboxylic acids is 3. The van der Waals surface area contributed by atoms with Crippen LogP contribution in [0.5, 0.6) is 17.2 Å². The van der Waals surface area contributed by atoms with Crippen molar-refractivity contribution in [3.63, 3.8) is 0 Å². The Morgan fingerprint density at radius 1 is 1.13 bits per heavy atom. The molecule has 1 amide bonds. The first-order valence-electron chi connectivity index (χ1n) is 8.61. The first-order chi connectivity index (χ1) is 14.3. The minimum Gasteiger partial charge on any atom is -0.475 e. The molecule has 1 aliphatic rings. The predicted octanol–water partition coefficient (Wildman–Crippen LogP) is 2.09. The Labute approximate surface area is 169 Å². The highest BCUT2D eigenvalue weighted by molar-refractivity contribution is 6.05. The monoisotopic (exact) mass is 416 g/mol. The van der Waals surface area contributed by atoms with Gasteiger partial charge in [-0.1, -0.05) is 12.1 Å². The molecule has 1 heterocycles. The number of nitro benzene ring substituents is 1. The lowest BCUT2D eigenvalue weighted by Gasteiger charge is -2.11. The first-order valence-corrected chi connectivity index (χ1v) is 8.61. The minimum absolute atomic E-state index is 0.00126. The number of nitrogens with one attached hydrogen (secondary N) is 1. The molecule has 11 nitrogen and oxygen atoms in total. The summed E-state index contributed by atoms with van der Waals surface area (Å²) >= 11 is 0. The second-order valence-corrected chi connectivity index (χ2v) is 6.03. The van der Waals surface area contributed by atoms with Crippen LogP contribution in [0.1, 0.15) is 17.3 Å². The van der Waals surface area contributed by atoms with Gasteiger partial charge in [-0.3, -0.25) is 19.7 Å². The first kappa shape index (κ1) is 20.6. The second-order valence-electron chi connectivity index (χ2n) is 6.03. The summed E-state index contributed by atoms with van der Waals surface area (Å²) in [6.07, 6.45) is 0. The Kier molecular flexibility index (Phi) is 6.11. The quantitative estimate of drug-likeness (QED) is 0.296. The molecule has 0 saturated heterocycles. The smallest absolute Gasteiger partial charge is 0.344 e. The van der Waals surface area contributed by atoms with Gasteiger partial charge in [0.15, 0.2) is 36.2 Å². The molecule has 1 N–H and O–H groups in total. The van der Waals surface area contributed by atoms with Crippen molar-refractivity contribution in [2.45, 2.75) is 6.92 Å². The van der Waals surface area contributed by atoms with E-state index in [9.17, 15) is 24.5 Å². The van der Waals surface area contributed by atoms with Crippen molar-refractivity contribution in [2.75, 3.05) is 25.3 Å². The van der Waals surface area contributed by atoms with Crippen LogP contribution in [0.2, 0.25) is 0 Å². The molecule has 0 spiro atoms. The van der Waals surface area contributed by atoms with E-state index in [1.165, 1.54) is 43.3 Å². The van der Waals surface area contributed by atoms with Crippen LogP contribution in [0, 0.1) is 10.1 Å². The third kappa shape index (κ3) is 4.82. The molecule has 0 aromatic heterocycles. The van der Waals surface area contributed by atoms with Gasteiger partial charge in [0.2, 0.25) is 6.79 Å². The minimum atomic E-state index is -0.902. The summed E-state index contributed by atoms with van der Waals surface area (Å²) in [5.74, 6) is -1.26. The molecule has 2 aromatic carbocycles. The Balaban J connectivity index is 1.55. The number of nitrogens with zero attached hydrogens (tertiary/aromatic N) is 1. The van der Waals surface area contributed by atoms with Crippen LogP contribution in [0.3, 0.4) is 0 Å². The van der Waals surface area contributed by atoms with Crippen LogP contribution >= 0.6 is 0 Å². The van der Waals surface area contributed by atoms with Gasteiger partial charge in [0.1, 0.15) is 0 Å². The van der Waals surface area contributed by atoms with E-state index in [0.29, 0.717) is 11.5 Å². The molecule has 1 aliphatic heterocycles. The third-order valence-corrected chi connectivity index (χ3v) is 3.94. The number of benzene rings is 2. The van der Waals surface area contributed by atoms with Crippen LogP contribution in [0.15, 0.2) is 36.4 Å². The number of fused-ring (bicyclic) bond motifs is 1. The number of Topliss-reactive ketones (excluding diaryl/α,β-unsaturated/α-hetero) is 1. The van der Waals surface area contributed by atoms with Crippen molar-refractivity contribution in [3.8, 4) is 17.2 Å². The van der Waals surface area contributed by atoms with E-state index in [2.05, 4.69) is 5.32 Å². The van der Waals surface area contributed by atoms with Gasteiger partial charge in [0.25, 0.3) is 5.91 Å². The van der Waals surface area contributed by atoms with E-state index in [-0.39, 0.29) is 35.3 Å². The number of amides is 1. The molecule has 0 unspecified atom stereocenters. The second kappa shape index (κ2) is 8.90. The largest absolute Gasteiger partial charge is 0.475 e. The van der Waals surface area contributed by atoms with E-state index in [4.69, 9.17) is 18.9 Å². The molecule has 0 bridgehead atoms. The number of ketones is 1. The SMILES string of the molecule is CC(=O)c1cc2c(cc1NC(=O)COC(=O)COc1ccccc1[N+](=O)[O-])OCO2. The molecular formula is C19H16N2O9. The topological polar surface area (TPSA) is 143 Å². The van der Waals surface area contributed by atoms with Gasteiger partial charge in [-0.25, -0.2) is 4.79 Å². The van der Waals surface area contributed by atoms with Gasteiger partial charge in [0.05, 0.1) is 10.6 Å². The lowest BCUT2D eigenvalue weighted by molar-refractivity contribution is -0.385. The molecule has 2 aromatic rings. The zero-order valence-electron chi connectivity index (χ0n) is 15.7. The Morgan fingerprint density at radius 3 is 2.53 bits per heavy atom. The molecule has 0 radical (unpaired) electrons. The maximum atomic E-state index is 12.1. The number of esters is 1. The summed E-state index contributed by atoms with van der Waals surface area (Å²) in [7, 11) is 0. The van der Waals surface area contributed by atoms with Gasteiger partial charge in [-0.15, -0.1) is 0 Å². The number of ether oxygens (including phenoxy) is 4. The van der Waals surface area contributed by atoms with Crippen molar-refractivity contribution in [1.29, 1.82) is 0 Å². The van der Waals surface area contributed by atoms with Gasteiger partial charge in [-0.2, -0.15) is 0 Å². The average Bonchev–Trinajstić information content (AvgIpc) is 3.17. The van der Waals surface area contributed by atoms with Crippen LogP contribution < -0.4 is 19.5 Å². The number of rotatable bonds is 8. The number of hydrogen-bond donors (Lipinski definition) is 1. The predicted molar refractivity (Wildman–Crippen MR) is 101 cm³/mol. The van der Waals surface area contributed by atoms with E-state index in [1.807, 2.05) is 0 Å². The van der Waals surface area contributed by atoms with E-state index < -0.39 is 30.0 Å². The van der Waals surface area contributed by atoms with Crippen LogP contribution in [0.4, 0.5) is 11.4 Å². The number of carbonyl (C=O) groups is 3. The molecule has 0 fully saturated rings. The third-order valence-electron chi connectivity index (χ3n) is 3.94. The molecule has 3 rings (SSSR count). The summed E-state index contributed by atoms with van der Waals surface area (Å²) in [4.78, 5) is 46.0. The standard InChI is InChI=1S/C19H16N2O9/c1-11(22)12-6-16-17(30-10-29-16)7-13(12)20-18(23)8-28-19(24)9-27-15-5-3-2-4-14(15)21(25)26/h2-7H,8-10H2,1H3,(H,20,23). The molecule has 156 valence electrons. The van der Waals surface area contributed by atoms with E-state index in [0.717, 1.165) is 0 Å². The fourth-order valence-corrected chi connectivity index (χ4v) is 2.58. The Hall–Kier alpha value is -4.15. The average molecular weight is 416 g/mol. The maximum Gasteiger partial charge on any atom is 0.344 e. The van der Waals surface area contributed by atoms with Gasteiger partial charge < -0.3 is 24.3 Å². The lowest BCUT2D eigenvalue weighted by Crippen LogP contribution is -2.24. The Morgan fingerprint density at radius 2 is 1.83 bits per heavy atom. The highest BCUT2D eigenvalue weighted by Gasteiger charge is 2.21. The maximum absolute atomic E-state index is 12.1. The summed E-state index contributed by atoms with van der Waals surface area (Å²) < 4.78 is 20.3. The van der Waals surface area contributed by atoms with Crippen molar-refractivity contribution < 1.29 is 38.3 Å².